The maximum atomic E-state index is 13.3. The minimum Gasteiger partial charge on any atom is -0.396 e. The molecule has 0 aliphatic carbocycles. The van der Waals surface area contributed by atoms with Crippen LogP contribution >= 0.6 is 0 Å². The number of hydrogen-bond donors (Lipinski definition) is 2. The van der Waals surface area contributed by atoms with Crippen molar-refractivity contribution in [3.05, 3.63) is 35.4 Å². The van der Waals surface area contributed by atoms with Gasteiger partial charge in [0, 0.05) is 18.2 Å². The number of halogens is 2. The van der Waals surface area contributed by atoms with Crippen LogP contribution in [0.5, 0.6) is 0 Å². The molecule has 0 saturated carbocycles. The average molecular weight is 215 g/mol. The van der Waals surface area contributed by atoms with Crippen molar-refractivity contribution in [1.82, 2.24) is 5.32 Å². The first-order chi connectivity index (χ1) is 7.16. The number of hydrogen-bond acceptors (Lipinski definition) is 2. The van der Waals surface area contributed by atoms with E-state index in [0.29, 0.717) is 18.5 Å². The second-order valence-electron chi connectivity index (χ2n) is 3.40. The SMILES string of the molecule is CC(NCCCO)c1cccc(F)c1F. The Bertz CT molecular complexity index is 317. The Hall–Kier alpha value is -1.00. The van der Waals surface area contributed by atoms with Gasteiger partial charge in [0.2, 0.25) is 0 Å². The van der Waals surface area contributed by atoms with Crippen molar-refractivity contribution in [1.29, 1.82) is 0 Å². The van der Waals surface area contributed by atoms with Gasteiger partial charge in [0.25, 0.3) is 0 Å². The van der Waals surface area contributed by atoms with Gasteiger partial charge in [0.05, 0.1) is 0 Å². The molecule has 0 saturated heterocycles. The lowest BCUT2D eigenvalue weighted by Gasteiger charge is -2.14. The van der Waals surface area contributed by atoms with Gasteiger partial charge in [0.1, 0.15) is 0 Å². The fraction of sp³-hybridized carbons (Fsp3) is 0.455. The Labute approximate surface area is 87.9 Å². The molecule has 0 fully saturated rings. The minimum atomic E-state index is -0.830. The molecule has 0 aliphatic rings. The van der Waals surface area contributed by atoms with Crippen molar-refractivity contribution in [2.45, 2.75) is 19.4 Å². The zero-order valence-electron chi connectivity index (χ0n) is 8.63. The number of nitrogens with one attached hydrogen (secondary N) is 1. The van der Waals surface area contributed by atoms with Gasteiger partial charge >= 0.3 is 0 Å². The minimum absolute atomic E-state index is 0.0886. The lowest BCUT2D eigenvalue weighted by Crippen LogP contribution is -2.21. The molecule has 0 bridgehead atoms. The molecule has 1 unspecified atom stereocenters. The van der Waals surface area contributed by atoms with Crippen molar-refractivity contribution in [2.75, 3.05) is 13.2 Å². The fourth-order valence-electron chi connectivity index (χ4n) is 1.36. The first-order valence-electron chi connectivity index (χ1n) is 4.95. The summed E-state index contributed by atoms with van der Waals surface area (Å²) >= 11 is 0. The summed E-state index contributed by atoms with van der Waals surface area (Å²) in [6, 6.07) is 3.87. The lowest BCUT2D eigenvalue weighted by molar-refractivity contribution is 0.283. The van der Waals surface area contributed by atoms with E-state index >= 15 is 0 Å². The van der Waals surface area contributed by atoms with Crippen LogP contribution in [0.4, 0.5) is 8.78 Å². The van der Waals surface area contributed by atoms with Gasteiger partial charge in [-0.3, -0.25) is 0 Å². The van der Waals surface area contributed by atoms with Gasteiger partial charge in [0.15, 0.2) is 11.6 Å². The molecule has 0 spiro atoms. The molecule has 84 valence electrons. The summed E-state index contributed by atoms with van der Waals surface area (Å²) in [4.78, 5) is 0. The third-order valence-corrected chi connectivity index (χ3v) is 2.23. The van der Waals surface area contributed by atoms with E-state index in [2.05, 4.69) is 5.32 Å². The van der Waals surface area contributed by atoms with Gasteiger partial charge in [-0.25, -0.2) is 8.78 Å². The van der Waals surface area contributed by atoms with Gasteiger partial charge in [-0.05, 0) is 26.0 Å². The largest absolute Gasteiger partial charge is 0.396 e. The van der Waals surface area contributed by atoms with Gasteiger partial charge in [-0.2, -0.15) is 0 Å². The smallest absolute Gasteiger partial charge is 0.163 e. The van der Waals surface area contributed by atoms with Crippen LogP contribution in [0.2, 0.25) is 0 Å². The summed E-state index contributed by atoms with van der Waals surface area (Å²) in [6.07, 6.45) is 0.598. The molecule has 0 heterocycles. The van der Waals surface area contributed by atoms with Crippen LogP contribution in [0.25, 0.3) is 0 Å². The first kappa shape index (κ1) is 12.1. The van der Waals surface area contributed by atoms with Crippen molar-refractivity contribution < 1.29 is 13.9 Å². The number of aliphatic hydroxyl groups is 1. The summed E-state index contributed by atoms with van der Waals surface area (Å²) in [5.74, 6) is -1.63. The highest BCUT2D eigenvalue weighted by atomic mass is 19.2. The Balaban J connectivity index is 2.65. The first-order valence-corrected chi connectivity index (χ1v) is 4.95. The Kier molecular flexibility index (Phi) is 4.65. The fourth-order valence-corrected chi connectivity index (χ4v) is 1.36. The van der Waals surface area contributed by atoms with E-state index in [9.17, 15) is 8.78 Å². The van der Waals surface area contributed by atoms with Crippen molar-refractivity contribution >= 4 is 0 Å². The predicted molar refractivity (Wildman–Crippen MR) is 54.5 cm³/mol. The third-order valence-electron chi connectivity index (χ3n) is 2.23. The van der Waals surface area contributed by atoms with E-state index in [-0.39, 0.29) is 12.6 Å². The van der Waals surface area contributed by atoms with Crippen LogP contribution in [-0.4, -0.2) is 18.3 Å². The normalized spacial score (nSPS) is 12.8. The summed E-state index contributed by atoms with van der Waals surface area (Å²) < 4.78 is 26.2. The molecule has 0 amide bonds. The monoisotopic (exact) mass is 215 g/mol. The van der Waals surface area contributed by atoms with Gasteiger partial charge in [-0.1, -0.05) is 12.1 Å². The number of benzene rings is 1. The molecule has 15 heavy (non-hydrogen) atoms. The van der Waals surface area contributed by atoms with E-state index in [0.717, 1.165) is 6.07 Å². The van der Waals surface area contributed by atoms with Gasteiger partial charge < -0.3 is 10.4 Å². The molecule has 1 atom stereocenters. The summed E-state index contributed by atoms with van der Waals surface area (Å²) in [5, 5.41) is 11.6. The van der Waals surface area contributed by atoms with Crippen molar-refractivity contribution in [3.63, 3.8) is 0 Å². The van der Waals surface area contributed by atoms with Crippen molar-refractivity contribution in [3.8, 4) is 0 Å². The second kappa shape index (κ2) is 5.78. The van der Waals surface area contributed by atoms with Gasteiger partial charge in [-0.15, -0.1) is 0 Å². The molecular weight excluding hydrogens is 200 g/mol. The molecule has 4 heteroatoms. The van der Waals surface area contributed by atoms with E-state index < -0.39 is 11.6 Å². The third kappa shape index (κ3) is 3.25. The highest BCUT2D eigenvalue weighted by Gasteiger charge is 2.12. The quantitative estimate of drug-likeness (QED) is 0.736. The zero-order valence-corrected chi connectivity index (χ0v) is 8.63. The van der Waals surface area contributed by atoms with Crippen LogP contribution in [0.3, 0.4) is 0 Å². The highest BCUT2D eigenvalue weighted by Crippen LogP contribution is 2.18. The Morgan fingerprint density at radius 2 is 2.13 bits per heavy atom. The molecular formula is C11H15F2NO. The van der Waals surface area contributed by atoms with Crippen LogP contribution in [0.15, 0.2) is 18.2 Å². The van der Waals surface area contributed by atoms with Crippen LogP contribution < -0.4 is 5.32 Å². The molecule has 2 N–H and O–H groups in total. The molecule has 1 rings (SSSR count). The maximum absolute atomic E-state index is 13.3. The van der Waals surface area contributed by atoms with E-state index in [1.54, 1.807) is 13.0 Å². The summed E-state index contributed by atoms with van der Waals surface area (Å²) in [7, 11) is 0. The van der Waals surface area contributed by atoms with Crippen LogP contribution in [0, 0.1) is 11.6 Å². The summed E-state index contributed by atoms with van der Waals surface area (Å²) in [5.41, 5.74) is 0.313. The topological polar surface area (TPSA) is 32.3 Å². The molecule has 0 aromatic heterocycles. The molecule has 1 aromatic carbocycles. The molecule has 1 aromatic rings. The predicted octanol–water partition coefficient (Wildman–Crippen LogP) is 2.00. The molecule has 2 nitrogen and oxygen atoms in total. The average Bonchev–Trinajstić information content (AvgIpc) is 2.22. The highest BCUT2D eigenvalue weighted by molar-refractivity contribution is 5.21. The van der Waals surface area contributed by atoms with Crippen molar-refractivity contribution in [2.24, 2.45) is 0 Å². The zero-order chi connectivity index (χ0) is 11.3. The summed E-state index contributed by atoms with van der Waals surface area (Å²) in [6.45, 7) is 2.42. The lowest BCUT2D eigenvalue weighted by atomic mass is 10.1. The second-order valence-corrected chi connectivity index (χ2v) is 3.40. The van der Waals surface area contributed by atoms with E-state index in [1.807, 2.05) is 0 Å². The maximum Gasteiger partial charge on any atom is 0.163 e. The van der Waals surface area contributed by atoms with Crippen LogP contribution in [0.1, 0.15) is 24.9 Å². The number of rotatable bonds is 5. The molecule has 0 radical (unpaired) electrons. The Morgan fingerprint density at radius 3 is 2.80 bits per heavy atom. The molecule has 0 aliphatic heterocycles. The Morgan fingerprint density at radius 1 is 1.40 bits per heavy atom. The standard InChI is InChI=1S/C11H15F2NO/c1-8(14-6-3-7-15)9-4-2-5-10(12)11(9)13/h2,4-5,8,14-15H,3,6-7H2,1H3. The van der Waals surface area contributed by atoms with Crippen LogP contribution in [-0.2, 0) is 0 Å². The number of aliphatic hydroxyl groups excluding tert-OH is 1. The van der Waals surface area contributed by atoms with E-state index in [1.165, 1.54) is 6.07 Å². The van der Waals surface area contributed by atoms with E-state index in [4.69, 9.17) is 5.11 Å².